The molecule has 0 aliphatic heterocycles. The van der Waals surface area contributed by atoms with Crippen LogP contribution in [0.15, 0.2) is 77.5 Å². The third kappa shape index (κ3) is 3.88. The predicted molar refractivity (Wildman–Crippen MR) is 121 cm³/mol. The summed E-state index contributed by atoms with van der Waals surface area (Å²) in [7, 11) is 1.57. The Morgan fingerprint density at radius 2 is 2.00 bits per heavy atom. The number of furan rings is 1. The Hall–Kier alpha value is -4.26. The molecule has 7 nitrogen and oxygen atoms in total. The zero-order valence-corrected chi connectivity index (χ0v) is 17.7. The molecule has 0 unspecified atom stereocenters. The molecule has 7 heteroatoms. The van der Waals surface area contributed by atoms with Gasteiger partial charge in [-0.3, -0.25) is 4.79 Å². The molecule has 0 atom stereocenters. The van der Waals surface area contributed by atoms with Gasteiger partial charge in [-0.25, -0.2) is 4.98 Å². The van der Waals surface area contributed by atoms with E-state index in [9.17, 15) is 4.79 Å². The molecule has 0 saturated heterocycles. The molecule has 5 rings (SSSR count). The van der Waals surface area contributed by atoms with Gasteiger partial charge in [0, 0.05) is 29.5 Å². The van der Waals surface area contributed by atoms with Crippen molar-refractivity contribution < 1.29 is 18.7 Å². The normalized spacial score (nSPS) is 11.1. The highest BCUT2D eigenvalue weighted by Gasteiger charge is 2.15. The monoisotopic (exact) mass is 427 g/mol. The van der Waals surface area contributed by atoms with E-state index >= 15 is 0 Å². The quantitative estimate of drug-likeness (QED) is 0.402. The smallest absolute Gasteiger partial charge is 0.291 e. The van der Waals surface area contributed by atoms with Crippen molar-refractivity contribution in [1.29, 1.82) is 0 Å². The first kappa shape index (κ1) is 19.7. The second-order valence-electron chi connectivity index (χ2n) is 7.46. The lowest BCUT2D eigenvalue weighted by Gasteiger charge is -2.12. The summed E-state index contributed by atoms with van der Waals surface area (Å²) in [6.07, 6.45) is 3.85. The van der Waals surface area contributed by atoms with Gasteiger partial charge in [-0.15, -0.1) is 0 Å². The molecule has 32 heavy (non-hydrogen) atoms. The molecular formula is C25H21N3O4. The van der Waals surface area contributed by atoms with Crippen molar-refractivity contribution in [1.82, 2.24) is 9.38 Å². The summed E-state index contributed by atoms with van der Waals surface area (Å²) in [5.74, 6) is 0.970. The van der Waals surface area contributed by atoms with Crippen LogP contribution < -0.4 is 14.8 Å². The summed E-state index contributed by atoms with van der Waals surface area (Å²) in [5, 5.41) is 3.75. The third-order valence-corrected chi connectivity index (χ3v) is 5.11. The summed E-state index contributed by atoms with van der Waals surface area (Å²) in [6.45, 7) is 2.26. The number of pyridine rings is 1. The van der Waals surface area contributed by atoms with Crippen molar-refractivity contribution >= 4 is 28.2 Å². The fourth-order valence-electron chi connectivity index (χ4n) is 3.54. The predicted octanol–water partition coefficient (Wildman–Crippen LogP) is 5.23. The number of aryl methyl sites for hydroxylation is 1. The SMILES string of the molecule is COc1ccc(NC(=O)c2cc3cc(C)ccc3o2)cc1OCc1cn2ccccc2n1. The lowest BCUT2D eigenvalue weighted by Crippen LogP contribution is -2.11. The number of amides is 1. The first-order valence-electron chi connectivity index (χ1n) is 10.1. The number of carbonyl (C=O) groups excluding carboxylic acids is 1. The lowest BCUT2D eigenvalue weighted by molar-refractivity contribution is 0.0998. The standard InChI is InChI=1S/C25H21N3O4/c1-16-6-8-20-17(11-16)12-23(32-20)25(29)27-18-7-9-21(30-2)22(13-18)31-15-19-14-28-10-4-3-5-24(28)26-19/h3-14H,15H2,1-2H3,(H,27,29). The Labute approximate surface area is 184 Å². The molecule has 160 valence electrons. The second-order valence-corrected chi connectivity index (χ2v) is 7.46. The van der Waals surface area contributed by atoms with Crippen molar-refractivity contribution in [2.24, 2.45) is 0 Å². The van der Waals surface area contributed by atoms with Crippen molar-refractivity contribution in [2.45, 2.75) is 13.5 Å². The van der Waals surface area contributed by atoms with Crippen LogP contribution in [0.25, 0.3) is 16.6 Å². The van der Waals surface area contributed by atoms with Gasteiger partial charge in [-0.1, -0.05) is 17.7 Å². The number of anilines is 1. The minimum absolute atomic E-state index is 0.244. The lowest BCUT2D eigenvalue weighted by atomic mass is 10.2. The Morgan fingerprint density at radius 1 is 1.09 bits per heavy atom. The molecule has 0 fully saturated rings. The van der Waals surface area contributed by atoms with E-state index in [4.69, 9.17) is 13.9 Å². The van der Waals surface area contributed by atoms with Gasteiger partial charge in [0.25, 0.3) is 5.91 Å². The second kappa shape index (κ2) is 8.11. The topological polar surface area (TPSA) is 78.0 Å². The van der Waals surface area contributed by atoms with E-state index in [1.165, 1.54) is 0 Å². The number of nitrogens with zero attached hydrogens (tertiary/aromatic N) is 2. The third-order valence-electron chi connectivity index (χ3n) is 5.11. The highest BCUT2D eigenvalue weighted by atomic mass is 16.5. The molecule has 1 N–H and O–H groups in total. The number of rotatable bonds is 6. The largest absolute Gasteiger partial charge is 0.493 e. The molecule has 0 radical (unpaired) electrons. The van der Waals surface area contributed by atoms with Crippen LogP contribution in [0.1, 0.15) is 21.8 Å². The molecule has 2 aromatic carbocycles. The van der Waals surface area contributed by atoms with Crippen LogP contribution in [0.4, 0.5) is 5.69 Å². The molecule has 0 aliphatic rings. The molecule has 1 amide bonds. The fraction of sp³-hybridized carbons (Fsp3) is 0.120. The Bertz CT molecular complexity index is 1400. The summed E-state index contributed by atoms with van der Waals surface area (Å²) < 4.78 is 19.0. The average molecular weight is 427 g/mol. The van der Waals surface area contributed by atoms with Gasteiger partial charge in [0.1, 0.15) is 17.8 Å². The summed E-state index contributed by atoms with van der Waals surface area (Å²) in [5.41, 5.74) is 3.97. The Morgan fingerprint density at radius 3 is 2.84 bits per heavy atom. The minimum Gasteiger partial charge on any atom is -0.493 e. The number of methoxy groups -OCH3 is 1. The zero-order chi connectivity index (χ0) is 22.1. The Kier molecular flexibility index (Phi) is 4.99. The maximum Gasteiger partial charge on any atom is 0.291 e. The Balaban J connectivity index is 1.34. The van der Waals surface area contributed by atoms with Crippen LogP contribution in [0.2, 0.25) is 0 Å². The number of hydrogen-bond acceptors (Lipinski definition) is 5. The van der Waals surface area contributed by atoms with E-state index in [2.05, 4.69) is 10.3 Å². The molecule has 0 aliphatic carbocycles. The minimum atomic E-state index is -0.338. The van der Waals surface area contributed by atoms with Crippen molar-refractivity contribution in [2.75, 3.05) is 12.4 Å². The van der Waals surface area contributed by atoms with Crippen molar-refractivity contribution in [3.8, 4) is 11.5 Å². The van der Waals surface area contributed by atoms with E-state index in [0.717, 1.165) is 22.3 Å². The highest BCUT2D eigenvalue weighted by molar-refractivity contribution is 6.04. The van der Waals surface area contributed by atoms with Gasteiger partial charge in [0.15, 0.2) is 17.3 Å². The van der Waals surface area contributed by atoms with Gasteiger partial charge >= 0.3 is 0 Å². The number of fused-ring (bicyclic) bond motifs is 2. The van der Waals surface area contributed by atoms with Crippen LogP contribution in [0.3, 0.4) is 0 Å². The first-order valence-corrected chi connectivity index (χ1v) is 10.1. The van der Waals surface area contributed by atoms with E-state index in [0.29, 0.717) is 22.8 Å². The summed E-state index contributed by atoms with van der Waals surface area (Å²) in [4.78, 5) is 17.3. The number of imidazole rings is 1. The average Bonchev–Trinajstić information content (AvgIpc) is 3.41. The molecule has 3 heterocycles. The highest BCUT2D eigenvalue weighted by Crippen LogP contribution is 2.31. The van der Waals surface area contributed by atoms with E-state index in [1.54, 1.807) is 31.4 Å². The summed E-state index contributed by atoms with van der Waals surface area (Å²) in [6, 6.07) is 18.6. The maximum absolute atomic E-state index is 12.7. The molecule has 5 aromatic rings. The van der Waals surface area contributed by atoms with Crippen LogP contribution in [0.5, 0.6) is 11.5 Å². The van der Waals surface area contributed by atoms with Gasteiger partial charge in [0.05, 0.1) is 12.8 Å². The van der Waals surface area contributed by atoms with Crippen LogP contribution >= 0.6 is 0 Å². The zero-order valence-electron chi connectivity index (χ0n) is 17.7. The van der Waals surface area contributed by atoms with E-state index < -0.39 is 0 Å². The maximum atomic E-state index is 12.7. The number of hydrogen-bond donors (Lipinski definition) is 1. The van der Waals surface area contributed by atoms with E-state index in [-0.39, 0.29) is 18.3 Å². The number of nitrogens with one attached hydrogen (secondary N) is 1. The van der Waals surface area contributed by atoms with E-state index in [1.807, 2.05) is 60.1 Å². The molecule has 0 saturated carbocycles. The molecule has 0 spiro atoms. The molecule has 3 aromatic heterocycles. The molecule has 0 bridgehead atoms. The number of aromatic nitrogens is 2. The first-order chi connectivity index (χ1) is 15.6. The van der Waals surface area contributed by atoms with Gasteiger partial charge in [-0.05, 0) is 49.4 Å². The van der Waals surface area contributed by atoms with Gasteiger partial charge < -0.3 is 23.6 Å². The number of carbonyl (C=O) groups is 1. The van der Waals surface area contributed by atoms with Gasteiger partial charge in [0.2, 0.25) is 0 Å². The van der Waals surface area contributed by atoms with Crippen molar-refractivity contribution in [3.05, 3.63) is 90.1 Å². The van der Waals surface area contributed by atoms with Gasteiger partial charge in [-0.2, -0.15) is 0 Å². The summed E-state index contributed by atoms with van der Waals surface area (Å²) >= 11 is 0. The van der Waals surface area contributed by atoms with Crippen LogP contribution in [-0.4, -0.2) is 22.4 Å². The van der Waals surface area contributed by atoms with Crippen LogP contribution in [-0.2, 0) is 6.61 Å². The number of benzene rings is 2. The molecular weight excluding hydrogens is 406 g/mol. The van der Waals surface area contributed by atoms with Crippen molar-refractivity contribution in [3.63, 3.8) is 0 Å². The fourth-order valence-corrected chi connectivity index (χ4v) is 3.54. The number of ether oxygens (including phenoxy) is 2. The van der Waals surface area contributed by atoms with Crippen LogP contribution in [0, 0.1) is 6.92 Å².